The van der Waals surface area contributed by atoms with E-state index in [0.717, 1.165) is 64.2 Å². The van der Waals surface area contributed by atoms with Gasteiger partial charge in [-0.25, -0.2) is 0 Å². The molecule has 6 N–H and O–H groups in total. The Kier molecular flexibility index (Phi) is 38.0. The van der Waals surface area contributed by atoms with Crippen LogP contribution in [-0.2, 0) is 23.8 Å². The predicted molar refractivity (Wildman–Crippen MR) is 259 cm³/mol. The zero-order chi connectivity index (χ0) is 46.9. The number of nitrogens with one attached hydrogen (secondary N) is 1. The minimum atomic E-state index is -1.65. The number of carbonyl (C=O) groups is 2. The lowest BCUT2D eigenvalue weighted by Gasteiger charge is -2.41. The van der Waals surface area contributed by atoms with Crippen LogP contribution in [-0.4, -0.2) is 99.6 Å². The topological polar surface area (TPSA) is 175 Å². The quantitative estimate of drug-likeness (QED) is 0.0151. The number of ether oxygens (including phenoxy) is 3. The zero-order valence-corrected chi connectivity index (χ0v) is 39.9. The molecule has 1 saturated heterocycles. The largest absolute Gasteiger partial charge is 0.454 e. The average Bonchev–Trinajstić information content (AvgIpc) is 3.29. The standard InChI is InChI=1S/C53H89NO10/c1-4-7-10-13-16-19-22-24-26-29-32-35-38-41-48(58)64-51-50(60)49(59)47(42-55)63-53(51)62-43-44(45(56)39-36-33-30-28-25-23-20-17-14-11-8-5-2)54-52(61)46(57)40-37-34-31-27-21-18-15-12-9-6-3/h7,10,13,15-16,18-19,22,24,26,29,32,36,39,44-47,49-51,53,55-57,59-60H,4-6,8-9,11-12,14,17,20-21,23,25,27-28,30-31,33-35,37-38,40-43H2,1-3H3,(H,54,61)/b10-7+,16-13+,18-15-,22-19-,26-24-,32-29+,39-36+. The summed E-state index contributed by atoms with van der Waals surface area (Å²) in [6.07, 6.45) is 40.9. The molecule has 0 saturated carbocycles. The summed E-state index contributed by atoms with van der Waals surface area (Å²) in [5, 5.41) is 56.4. The summed E-state index contributed by atoms with van der Waals surface area (Å²) in [4.78, 5) is 26.2. The molecule has 1 amide bonds. The van der Waals surface area contributed by atoms with E-state index < -0.39 is 67.4 Å². The van der Waals surface area contributed by atoms with Crippen molar-refractivity contribution in [3.05, 3.63) is 85.1 Å². The Bertz CT molecular complexity index is 1360. The van der Waals surface area contributed by atoms with Crippen LogP contribution >= 0.6 is 0 Å². The number of amides is 1. The summed E-state index contributed by atoms with van der Waals surface area (Å²) in [5.74, 6) is -1.29. The van der Waals surface area contributed by atoms with E-state index in [2.05, 4.69) is 44.3 Å². The summed E-state index contributed by atoms with van der Waals surface area (Å²) in [6.45, 7) is 5.49. The van der Waals surface area contributed by atoms with E-state index >= 15 is 0 Å². The Labute approximate surface area is 387 Å². The molecular weight excluding hydrogens is 811 g/mol. The molecule has 64 heavy (non-hydrogen) atoms. The first-order chi connectivity index (χ1) is 31.2. The van der Waals surface area contributed by atoms with Gasteiger partial charge >= 0.3 is 5.97 Å². The maximum absolute atomic E-state index is 13.3. The highest BCUT2D eigenvalue weighted by Gasteiger charge is 2.47. The number of aliphatic hydroxyl groups is 5. The Hall–Kier alpha value is -3.16. The fourth-order valence-corrected chi connectivity index (χ4v) is 7.13. The van der Waals surface area contributed by atoms with Gasteiger partial charge in [0.25, 0.3) is 0 Å². The molecule has 1 aliphatic heterocycles. The second-order valence-electron chi connectivity index (χ2n) is 16.9. The number of allylic oxidation sites excluding steroid dienone is 13. The van der Waals surface area contributed by atoms with E-state index in [1.54, 1.807) is 6.08 Å². The van der Waals surface area contributed by atoms with Crippen LogP contribution in [0.15, 0.2) is 85.1 Å². The monoisotopic (exact) mass is 900 g/mol. The second kappa shape index (κ2) is 41.3. The van der Waals surface area contributed by atoms with Crippen molar-refractivity contribution in [3.63, 3.8) is 0 Å². The molecule has 0 bridgehead atoms. The molecule has 11 heteroatoms. The number of aliphatic hydroxyl groups excluding tert-OH is 5. The molecule has 1 heterocycles. The van der Waals surface area contributed by atoms with Crippen LogP contribution in [0.3, 0.4) is 0 Å². The highest BCUT2D eigenvalue weighted by atomic mass is 16.7. The minimum Gasteiger partial charge on any atom is -0.454 e. The van der Waals surface area contributed by atoms with Gasteiger partial charge in [0, 0.05) is 6.42 Å². The van der Waals surface area contributed by atoms with Crippen molar-refractivity contribution in [1.29, 1.82) is 0 Å². The Balaban J connectivity index is 2.87. The highest BCUT2D eigenvalue weighted by Crippen LogP contribution is 2.26. The van der Waals surface area contributed by atoms with Gasteiger partial charge in [-0.05, 0) is 57.8 Å². The lowest BCUT2D eigenvalue weighted by molar-refractivity contribution is -0.305. The van der Waals surface area contributed by atoms with Crippen LogP contribution < -0.4 is 5.32 Å². The van der Waals surface area contributed by atoms with E-state index in [9.17, 15) is 35.1 Å². The fraction of sp³-hybridized carbons (Fsp3) is 0.698. The van der Waals surface area contributed by atoms with Crippen LogP contribution in [0, 0.1) is 0 Å². The van der Waals surface area contributed by atoms with Gasteiger partial charge in [-0.2, -0.15) is 0 Å². The summed E-state index contributed by atoms with van der Waals surface area (Å²) in [5.41, 5.74) is 0. The van der Waals surface area contributed by atoms with Crippen molar-refractivity contribution in [1.82, 2.24) is 5.32 Å². The van der Waals surface area contributed by atoms with E-state index in [1.807, 2.05) is 60.8 Å². The van der Waals surface area contributed by atoms with Crippen molar-refractivity contribution in [2.75, 3.05) is 13.2 Å². The fourth-order valence-electron chi connectivity index (χ4n) is 7.13. The molecule has 1 aliphatic rings. The molecule has 0 spiro atoms. The third-order valence-corrected chi connectivity index (χ3v) is 11.2. The van der Waals surface area contributed by atoms with Gasteiger partial charge in [0.15, 0.2) is 12.4 Å². The molecule has 0 aliphatic carbocycles. The lowest BCUT2D eigenvalue weighted by Crippen LogP contribution is -2.61. The van der Waals surface area contributed by atoms with Crippen molar-refractivity contribution in [3.8, 4) is 0 Å². The summed E-state index contributed by atoms with van der Waals surface area (Å²) in [6, 6.07) is -1.04. The number of carbonyl (C=O) groups excluding carboxylic acids is 2. The molecule has 11 nitrogen and oxygen atoms in total. The maximum atomic E-state index is 13.3. The van der Waals surface area contributed by atoms with Gasteiger partial charge in [0.1, 0.15) is 24.4 Å². The van der Waals surface area contributed by atoms with Crippen molar-refractivity contribution < 1.29 is 49.3 Å². The van der Waals surface area contributed by atoms with Gasteiger partial charge in [0.05, 0.1) is 25.4 Å². The Morgan fingerprint density at radius 2 is 1.16 bits per heavy atom. The number of unbranched alkanes of at least 4 members (excludes halogenated alkanes) is 17. The molecule has 1 rings (SSSR count). The first-order valence-corrected chi connectivity index (χ1v) is 24.9. The third kappa shape index (κ3) is 30.1. The number of esters is 1. The van der Waals surface area contributed by atoms with Crippen LogP contribution in [0.2, 0.25) is 0 Å². The van der Waals surface area contributed by atoms with Gasteiger partial charge in [-0.15, -0.1) is 0 Å². The lowest BCUT2D eigenvalue weighted by atomic mass is 9.99. The van der Waals surface area contributed by atoms with Gasteiger partial charge in [-0.1, -0.05) is 196 Å². The van der Waals surface area contributed by atoms with Crippen LogP contribution in [0.4, 0.5) is 0 Å². The third-order valence-electron chi connectivity index (χ3n) is 11.2. The molecule has 366 valence electrons. The molecule has 0 aromatic rings. The van der Waals surface area contributed by atoms with E-state index in [4.69, 9.17) is 14.2 Å². The maximum Gasteiger partial charge on any atom is 0.306 e. The smallest absolute Gasteiger partial charge is 0.306 e. The van der Waals surface area contributed by atoms with Gasteiger partial charge < -0.3 is 45.1 Å². The Morgan fingerprint density at radius 3 is 1.77 bits per heavy atom. The molecule has 0 aromatic heterocycles. The van der Waals surface area contributed by atoms with Gasteiger partial charge in [0.2, 0.25) is 5.91 Å². The normalized spacial score (nSPS) is 21.2. The number of hydrogen-bond donors (Lipinski definition) is 6. The minimum absolute atomic E-state index is 0.0225. The van der Waals surface area contributed by atoms with Crippen molar-refractivity contribution in [2.24, 2.45) is 0 Å². The molecule has 0 radical (unpaired) electrons. The van der Waals surface area contributed by atoms with Crippen LogP contribution in [0.5, 0.6) is 0 Å². The highest BCUT2D eigenvalue weighted by molar-refractivity contribution is 5.80. The molecular formula is C53H89NO10. The summed E-state index contributed by atoms with van der Waals surface area (Å²) >= 11 is 0. The first kappa shape index (κ1) is 58.9. The summed E-state index contributed by atoms with van der Waals surface area (Å²) in [7, 11) is 0. The Morgan fingerprint density at radius 1 is 0.625 bits per heavy atom. The van der Waals surface area contributed by atoms with Crippen molar-refractivity contribution >= 4 is 11.9 Å². The molecule has 8 unspecified atom stereocenters. The zero-order valence-electron chi connectivity index (χ0n) is 39.9. The van der Waals surface area contributed by atoms with E-state index in [1.165, 1.54) is 57.8 Å². The van der Waals surface area contributed by atoms with Crippen LogP contribution in [0.25, 0.3) is 0 Å². The average molecular weight is 900 g/mol. The molecule has 0 aromatic carbocycles. The predicted octanol–water partition coefficient (Wildman–Crippen LogP) is 9.88. The number of rotatable bonds is 39. The molecule has 1 fully saturated rings. The molecule has 8 atom stereocenters. The first-order valence-electron chi connectivity index (χ1n) is 24.9. The van der Waals surface area contributed by atoms with E-state index in [0.29, 0.717) is 19.3 Å². The number of hydrogen-bond acceptors (Lipinski definition) is 10. The second-order valence-corrected chi connectivity index (χ2v) is 16.9. The summed E-state index contributed by atoms with van der Waals surface area (Å²) < 4.78 is 17.4. The van der Waals surface area contributed by atoms with Gasteiger partial charge in [-0.3, -0.25) is 9.59 Å². The van der Waals surface area contributed by atoms with Crippen molar-refractivity contribution in [2.45, 2.75) is 224 Å². The SMILES string of the molecule is CC/C=C/C=C/C=C\C=C/C=C/CCCC(=O)OC1C(OCC(NC(=O)C(O)CCCCCC/C=C\CCCC)C(O)/C=C/CCCCCCCCCCCC)OC(CO)C(O)C1O. The van der Waals surface area contributed by atoms with Crippen LogP contribution in [0.1, 0.15) is 175 Å². The van der Waals surface area contributed by atoms with E-state index in [-0.39, 0.29) is 19.4 Å².